The van der Waals surface area contributed by atoms with Gasteiger partial charge in [-0.25, -0.2) is 4.39 Å². The van der Waals surface area contributed by atoms with E-state index in [1.807, 2.05) is 12.3 Å². The molecule has 0 aromatic heterocycles. The Hall–Kier alpha value is -1.27. The van der Waals surface area contributed by atoms with Crippen molar-refractivity contribution in [3.63, 3.8) is 0 Å². The van der Waals surface area contributed by atoms with Crippen molar-refractivity contribution in [1.82, 2.24) is 15.5 Å². The van der Waals surface area contributed by atoms with Crippen LogP contribution in [0.1, 0.15) is 37.8 Å². The number of likely N-dealkylation sites (tertiary alicyclic amines) is 1. The van der Waals surface area contributed by atoms with Crippen molar-refractivity contribution < 1.29 is 4.39 Å². The summed E-state index contributed by atoms with van der Waals surface area (Å²) in [5, 5.41) is 6.86. The van der Waals surface area contributed by atoms with Crippen LogP contribution in [0.5, 0.6) is 0 Å². The van der Waals surface area contributed by atoms with Gasteiger partial charge in [-0.2, -0.15) is 11.8 Å². The SMILES string of the molecule is CN=C(NCc1ccc(F)cc1CSC)NCC1CCCN(CC(C)C)C1. The second-order valence-electron chi connectivity index (χ2n) is 7.81. The fraction of sp³-hybridized carbons (Fsp3) is 0.667. The van der Waals surface area contributed by atoms with Crippen molar-refractivity contribution in [3.05, 3.63) is 35.1 Å². The zero-order chi connectivity index (χ0) is 19.6. The van der Waals surface area contributed by atoms with E-state index in [1.54, 1.807) is 24.9 Å². The third kappa shape index (κ3) is 7.70. The van der Waals surface area contributed by atoms with Gasteiger partial charge in [0.15, 0.2) is 5.96 Å². The highest BCUT2D eigenvalue weighted by Gasteiger charge is 2.20. The van der Waals surface area contributed by atoms with Gasteiger partial charge in [-0.3, -0.25) is 4.99 Å². The largest absolute Gasteiger partial charge is 0.356 e. The molecule has 4 nitrogen and oxygen atoms in total. The van der Waals surface area contributed by atoms with Gasteiger partial charge in [0.2, 0.25) is 0 Å². The zero-order valence-corrected chi connectivity index (χ0v) is 18.0. The van der Waals surface area contributed by atoms with Crippen molar-refractivity contribution in [2.45, 2.75) is 39.0 Å². The molecular weight excluding hydrogens is 359 g/mol. The minimum Gasteiger partial charge on any atom is -0.356 e. The summed E-state index contributed by atoms with van der Waals surface area (Å²) in [5.74, 6) is 2.84. The number of guanidine groups is 1. The lowest BCUT2D eigenvalue weighted by atomic mass is 9.97. The topological polar surface area (TPSA) is 39.7 Å². The van der Waals surface area contributed by atoms with Gasteiger partial charge in [0.25, 0.3) is 0 Å². The molecule has 1 atom stereocenters. The Morgan fingerprint density at radius 2 is 2.15 bits per heavy atom. The first-order chi connectivity index (χ1) is 13.0. The first-order valence-corrected chi connectivity index (χ1v) is 11.3. The van der Waals surface area contributed by atoms with E-state index in [-0.39, 0.29) is 5.82 Å². The fourth-order valence-corrected chi connectivity index (χ4v) is 4.28. The van der Waals surface area contributed by atoms with E-state index in [9.17, 15) is 4.39 Å². The highest BCUT2D eigenvalue weighted by Crippen LogP contribution is 2.18. The number of hydrogen-bond donors (Lipinski definition) is 2. The molecule has 1 saturated heterocycles. The van der Waals surface area contributed by atoms with Gasteiger partial charge in [-0.1, -0.05) is 19.9 Å². The minimum atomic E-state index is -0.173. The highest BCUT2D eigenvalue weighted by atomic mass is 32.2. The van der Waals surface area contributed by atoms with Gasteiger partial charge in [0.1, 0.15) is 5.82 Å². The Morgan fingerprint density at radius 1 is 1.33 bits per heavy atom. The minimum absolute atomic E-state index is 0.173. The average molecular weight is 395 g/mol. The molecule has 152 valence electrons. The Labute approximate surface area is 168 Å². The summed E-state index contributed by atoms with van der Waals surface area (Å²) in [6.07, 6.45) is 4.59. The number of halogens is 1. The fourth-order valence-electron chi connectivity index (χ4n) is 3.70. The Bertz CT molecular complexity index is 606. The summed E-state index contributed by atoms with van der Waals surface area (Å²) < 4.78 is 13.5. The number of thioether (sulfide) groups is 1. The molecule has 1 aliphatic rings. The van der Waals surface area contributed by atoms with E-state index >= 15 is 0 Å². The third-order valence-corrected chi connectivity index (χ3v) is 5.52. The summed E-state index contributed by atoms with van der Waals surface area (Å²) in [7, 11) is 1.80. The smallest absolute Gasteiger partial charge is 0.191 e. The van der Waals surface area contributed by atoms with Crippen molar-refractivity contribution in [2.24, 2.45) is 16.8 Å². The lowest BCUT2D eigenvalue weighted by Gasteiger charge is -2.34. The summed E-state index contributed by atoms with van der Waals surface area (Å²) in [6.45, 7) is 9.74. The molecule has 0 bridgehead atoms. The molecule has 0 aliphatic carbocycles. The maximum Gasteiger partial charge on any atom is 0.191 e. The molecule has 0 saturated carbocycles. The predicted molar refractivity (Wildman–Crippen MR) is 116 cm³/mol. The number of hydrogen-bond acceptors (Lipinski definition) is 3. The molecule has 0 spiro atoms. The highest BCUT2D eigenvalue weighted by molar-refractivity contribution is 7.97. The van der Waals surface area contributed by atoms with Gasteiger partial charge in [0, 0.05) is 39.0 Å². The Morgan fingerprint density at radius 3 is 2.85 bits per heavy atom. The molecule has 1 aliphatic heterocycles. The second kappa shape index (κ2) is 11.5. The van der Waals surface area contributed by atoms with Gasteiger partial charge >= 0.3 is 0 Å². The van der Waals surface area contributed by atoms with Crippen LogP contribution in [0.2, 0.25) is 0 Å². The normalized spacial score (nSPS) is 18.7. The van der Waals surface area contributed by atoms with Crippen LogP contribution in [0.4, 0.5) is 4.39 Å². The molecule has 6 heteroatoms. The number of aliphatic imine (C=N–C) groups is 1. The lowest BCUT2D eigenvalue weighted by Crippen LogP contribution is -2.45. The summed E-state index contributed by atoms with van der Waals surface area (Å²) in [5.41, 5.74) is 2.16. The van der Waals surface area contributed by atoms with E-state index in [0.29, 0.717) is 12.5 Å². The van der Waals surface area contributed by atoms with Crippen LogP contribution in [-0.4, -0.2) is 50.3 Å². The van der Waals surface area contributed by atoms with Gasteiger partial charge in [0.05, 0.1) is 0 Å². The predicted octanol–water partition coefficient (Wildman–Crippen LogP) is 3.72. The van der Waals surface area contributed by atoms with Gasteiger partial charge in [-0.05, 0) is 60.7 Å². The molecule has 1 fully saturated rings. The quantitative estimate of drug-likeness (QED) is 0.521. The van der Waals surface area contributed by atoms with Crippen LogP contribution in [0.15, 0.2) is 23.2 Å². The number of rotatable bonds is 8. The molecule has 1 unspecified atom stereocenters. The number of benzene rings is 1. The molecule has 2 N–H and O–H groups in total. The van der Waals surface area contributed by atoms with Crippen molar-refractivity contribution in [3.8, 4) is 0 Å². The average Bonchev–Trinajstić information content (AvgIpc) is 2.63. The Kier molecular flexibility index (Phi) is 9.42. The van der Waals surface area contributed by atoms with E-state index in [4.69, 9.17) is 0 Å². The Balaban J connectivity index is 1.82. The van der Waals surface area contributed by atoms with Gasteiger partial charge < -0.3 is 15.5 Å². The van der Waals surface area contributed by atoms with E-state index in [0.717, 1.165) is 41.8 Å². The van der Waals surface area contributed by atoms with E-state index in [1.165, 1.54) is 32.0 Å². The summed E-state index contributed by atoms with van der Waals surface area (Å²) in [6, 6.07) is 5.03. The van der Waals surface area contributed by atoms with Gasteiger partial charge in [-0.15, -0.1) is 0 Å². The van der Waals surface area contributed by atoms with E-state index < -0.39 is 0 Å². The maximum atomic E-state index is 13.5. The molecule has 27 heavy (non-hydrogen) atoms. The first kappa shape index (κ1) is 22.0. The number of nitrogens with one attached hydrogen (secondary N) is 2. The van der Waals surface area contributed by atoms with Crippen LogP contribution in [-0.2, 0) is 12.3 Å². The van der Waals surface area contributed by atoms with Crippen molar-refractivity contribution in [2.75, 3.05) is 39.5 Å². The number of nitrogens with zero attached hydrogens (tertiary/aromatic N) is 2. The molecule has 1 heterocycles. The van der Waals surface area contributed by atoms with Crippen molar-refractivity contribution in [1.29, 1.82) is 0 Å². The second-order valence-corrected chi connectivity index (χ2v) is 8.68. The maximum absolute atomic E-state index is 13.5. The van der Waals surface area contributed by atoms with Crippen LogP contribution in [0.25, 0.3) is 0 Å². The molecule has 2 rings (SSSR count). The zero-order valence-electron chi connectivity index (χ0n) is 17.2. The number of piperidine rings is 1. The lowest BCUT2D eigenvalue weighted by molar-refractivity contribution is 0.159. The monoisotopic (exact) mass is 394 g/mol. The molecule has 0 radical (unpaired) electrons. The molecule has 1 aromatic carbocycles. The molecule has 0 amide bonds. The van der Waals surface area contributed by atoms with Crippen LogP contribution < -0.4 is 10.6 Å². The third-order valence-electron chi connectivity index (χ3n) is 4.92. The standard InChI is InChI=1S/C21H35FN4S/c1-16(2)13-26-9-5-6-17(14-26)11-24-21(23-3)25-12-18-7-8-20(22)10-19(18)15-27-4/h7-8,10,16-17H,5-6,9,11-15H2,1-4H3,(H2,23,24,25). The molecular formula is C21H35FN4S. The van der Waals surface area contributed by atoms with Crippen LogP contribution in [0.3, 0.4) is 0 Å². The summed E-state index contributed by atoms with van der Waals surface area (Å²) in [4.78, 5) is 6.94. The van der Waals surface area contributed by atoms with Crippen LogP contribution >= 0.6 is 11.8 Å². The summed E-state index contributed by atoms with van der Waals surface area (Å²) >= 11 is 1.71. The molecule has 1 aromatic rings. The van der Waals surface area contributed by atoms with Crippen LogP contribution in [0, 0.1) is 17.7 Å². The van der Waals surface area contributed by atoms with E-state index in [2.05, 4.69) is 34.4 Å². The van der Waals surface area contributed by atoms with Crippen molar-refractivity contribution >= 4 is 17.7 Å². The first-order valence-electron chi connectivity index (χ1n) is 9.95.